The smallest absolute Gasteiger partial charge is 0.322 e. The van der Waals surface area contributed by atoms with Gasteiger partial charge in [0.15, 0.2) is 5.82 Å². The molecular weight excluding hydrogens is 360 g/mol. The first-order valence-electron chi connectivity index (χ1n) is 8.18. The van der Waals surface area contributed by atoms with Crippen LogP contribution in [0.4, 0.5) is 16.3 Å². The number of urea groups is 1. The summed E-state index contributed by atoms with van der Waals surface area (Å²) in [5, 5.41) is 9.50. The number of hydrogen-bond donors (Lipinski definition) is 2. The first kappa shape index (κ1) is 19.7. The monoisotopic (exact) mass is 380 g/mol. The molecule has 0 spiro atoms. The van der Waals surface area contributed by atoms with Gasteiger partial charge in [0.25, 0.3) is 0 Å². The summed E-state index contributed by atoms with van der Waals surface area (Å²) in [4.78, 5) is 26.1. The Hall–Kier alpha value is -2.58. The second-order valence-corrected chi connectivity index (χ2v) is 5.78. The SMILES string of the molecule is CCOCCCN(CC(=O)Nc1ccon1)C(=O)Nc1ccc(Cl)cc1. The van der Waals surface area contributed by atoms with Gasteiger partial charge in [-0.1, -0.05) is 16.8 Å². The second kappa shape index (κ2) is 10.4. The Bertz CT molecular complexity index is 691. The van der Waals surface area contributed by atoms with Crippen LogP contribution in [-0.2, 0) is 9.53 Å². The number of aromatic nitrogens is 1. The summed E-state index contributed by atoms with van der Waals surface area (Å²) in [6.07, 6.45) is 1.96. The summed E-state index contributed by atoms with van der Waals surface area (Å²) in [6.45, 7) is 3.25. The Labute approximate surface area is 156 Å². The molecule has 0 radical (unpaired) electrons. The number of anilines is 2. The van der Waals surface area contributed by atoms with E-state index in [2.05, 4.69) is 20.3 Å². The van der Waals surface area contributed by atoms with Gasteiger partial charge in [-0.05, 0) is 37.6 Å². The van der Waals surface area contributed by atoms with Crippen molar-refractivity contribution in [3.05, 3.63) is 41.6 Å². The third-order valence-electron chi connectivity index (χ3n) is 3.34. The molecule has 2 N–H and O–H groups in total. The van der Waals surface area contributed by atoms with Gasteiger partial charge < -0.3 is 24.8 Å². The van der Waals surface area contributed by atoms with Crippen molar-refractivity contribution in [2.24, 2.45) is 0 Å². The lowest BCUT2D eigenvalue weighted by Gasteiger charge is -2.22. The molecule has 1 aromatic carbocycles. The molecule has 0 aliphatic carbocycles. The van der Waals surface area contributed by atoms with Gasteiger partial charge in [0.1, 0.15) is 12.8 Å². The first-order chi connectivity index (χ1) is 12.6. The molecule has 2 aromatic rings. The maximum Gasteiger partial charge on any atom is 0.322 e. The number of carbonyl (C=O) groups is 2. The van der Waals surface area contributed by atoms with Crippen LogP contribution < -0.4 is 10.6 Å². The quantitative estimate of drug-likeness (QED) is 0.651. The Kier molecular flexibility index (Phi) is 7.91. The zero-order valence-electron chi connectivity index (χ0n) is 14.4. The van der Waals surface area contributed by atoms with Crippen LogP contribution in [0.2, 0.25) is 5.02 Å². The molecule has 140 valence electrons. The van der Waals surface area contributed by atoms with Gasteiger partial charge in [-0.3, -0.25) is 4.79 Å². The zero-order valence-corrected chi connectivity index (χ0v) is 15.2. The maximum atomic E-state index is 12.5. The van der Waals surface area contributed by atoms with E-state index in [9.17, 15) is 9.59 Å². The number of benzene rings is 1. The van der Waals surface area contributed by atoms with Crippen LogP contribution in [0.3, 0.4) is 0 Å². The number of hydrogen-bond acceptors (Lipinski definition) is 5. The van der Waals surface area contributed by atoms with Crippen LogP contribution >= 0.6 is 11.6 Å². The Morgan fingerprint density at radius 2 is 2.00 bits per heavy atom. The van der Waals surface area contributed by atoms with E-state index in [-0.39, 0.29) is 18.5 Å². The molecule has 0 aliphatic rings. The first-order valence-corrected chi connectivity index (χ1v) is 8.55. The minimum Gasteiger partial charge on any atom is -0.382 e. The molecule has 2 rings (SSSR count). The van der Waals surface area contributed by atoms with Crippen LogP contribution in [-0.4, -0.2) is 48.3 Å². The van der Waals surface area contributed by atoms with Gasteiger partial charge >= 0.3 is 6.03 Å². The number of halogens is 1. The molecular formula is C17H21ClN4O4. The highest BCUT2D eigenvalue weighted by atomic mass is 35.5. The fourth-order valence-electron chi connectivity index (χ4n) is 2.12. The van der Waals surface area contributed by atoms with Crippen molar-refractivity contribution in [3.63, 3.8) is 0 Å². The molecule has 0 unspecified atom stereocenters. The molecule has 0 saturated heterocycles. The van der Waals surface area contributed by atoms with Gasteiger partial charge in [-0.25, -0.2) is 4.79 Å². The number of amides is 3. The molecule has 0 fully saturated rings. The summed E-state index contributed by atoms with van der Waals surface area (Å²) < 4.78 is 9.95. The van der Waals surface area contributed by atoms with Crippen LogP contribution in [0.15, 0.2) is 41.1 Å². The van der Waals surface area contributed by atoms with E-state index in [0.29, 0.717) is 42.7 Å². The third kappa shape index (κ3) is 6.73. The van der Waals surface area contributed by atoms with Crippen molar-refractivity contribution in [2.75, 3.05) is 36.9 Å². The summed E-state index contributed by atoms with van der Waals surface area (Å²) in [6, 6.07) is 7.86. The highest BCUT2D eigenvalue weighted by Gasteiger charge is 2.18. The molecule has 0 atom stereocenters. The summed E-state index contributed by atoms with van der Waals surface area (Å²) >= 11 is 5.84. The second-order valence-electron chi connectivity index (χ2n) is 5.34. The van der Waals surface area contributed by atoms with Crippen LogP contribution in [0.1, 0.15) is 13.3 Å². The fraction of sp³-hybridized carbons (Fsp3) is 0.353. The van der Waals surface area contributed by atoms with E-state index in [4.69, 9.17) is 16.3 Å². The lowest BCUT2D eigenvalue weighted by atomic mass is 10.3. The molecule has 0 aliphatic heterocycles. The molecule has 0 bridgehead atoms. The molecule has 1 aromatic heterocycles. The number of rotatable bonds is 9. The molecule has 9 heteroatoms. The van der Waals surface area contributed by atoms with Gasteiger partial charge in [-0.2, -0.15) is 0 Å². The fourth-order valence-corrected chi connectivity index (χ4v) is 2.25. The van der Waals surface area contributed by atoms with Crippen LogP contribution in [0.5, 0.6) is 0 Å². The van der Waals surface area contributed by atoms with Crippen molar-refractivity contribution in [1.29, 1.82) is 0 Å². The van der Waals surface area contributed by atoms with Crippen LogP contribution in [0.25, 0.3) is 0 Å². The number of carbonyl (C=O) groups excluding carboxylic acids is 2. The topological polar surface area (TPSA) is 96.7 Å². The molecule has 8 nitrogen and oxygen atoms in total. The molecule has 1 heterocycles. The summed E-state index contributed by atoms with van der Waals surface area (Å²) in [5.74, 6) is -0.0797. The van der Waals surface area contributed by atoms with Crippen molar-refractivity contribution in [2.45, 2.75) is 13.3 Å². The predicted octanol–water partition coefficient (Wildman–Crippen LogP) is 3.23. The van der Waals surface area contributed by atoms with E-state index in [1.807, 2.05) is 6.92 Å². The van der Waals surface area contributed by atoms with Crippen LogP contribution in [0, 0.1) is 0 Å². The van der Waals surface area contributed by atoms with Gasteiger partial charge in [0, 0.05) is 36.5 Å². The minimum absolute atomic E-state index is 0.127. The van der Waals surface area contributed by atoms with E-state index in [1.54, 1.807) is 24.3 Å². The van der Waals surface area contributed by atoms with Gasteiger partial charge in [0.2, 0.25) is 5.91 Å². The van der Waals surface area contributed by atoms with Gasteiger partial charge in [0.05, 0.1) is 0 Å². The van der Waals surface area contributed by atoms with Crippen molar-refractivity contribution >= 4 is 35.0 Å². The Morgan fingerprint density at radius 3 is 2.65 bits per heavy atom. The lowest BCUT2D eigenvalue weighted by molar-refractivity contribution is -0.116. The molecule has 26 heavy (non-hydrogen) atoms. The van der Waals surface area contributed by atoms with Gasteiger partial charge in [-0.15, -0.1) is 0 Å². The van der Waals surface area contributed by atoms with Crippen molar-refractivity contribution < 1.29 is 18.8 Å². The Morgan fingerprint density at radius 1 is 1.23 bits per heavy atom. The highest BCUT2D eigenvalue weighted by Crippen LogP contribution is 2.14. The van der Waals surface area contributed by atoms with E-state index in [1.165, 1.54) is 17.2 Å². The van der Waals surface area contributed by atoms with Crippen molar-refractivity contribution in [3.8, 4) is 0 Å². The van der Waals surface area contributed by atoms with E-state index in [0.717, 1.165) is 0 Å². The lowest BCUT2D eigenvalue weighted by Crippen LogP contribution is -2.41. The normalized spacial score (nSPS) is 10.4. The predicted molar refractivity (Wildman–Crippen MR) is 98.3 cm³/mol. The van der Waals surface area contributed by atoms with Crippen molar-refractivity contribution in [1.82, 2.24) is 10.1 Å². The average molecular weight is 381 g/mol. The summed E-state index contributed by atoms with van der Waals surface area (Å²) in [7, 11) is 0. The largest absolute Gasteiger partial charge is 0.382 e. The maximum absolute atomic E-state index is 12.5. The zero-order chi connectivity index (χ0) is 18.8. The standard InChI is InChI=1S/C17H21ClN4O4/c1-2-25-10-3-9-22(12-16(23)20-15-8-11-26-21-15)17(24)19-14-6-4-13(18)5-7-14/h4-8,11H,2-3,9-10,12H2,1H3,(H,19,24)(H,20,21,23). The Balaban J connectivity index is 1.95. The average Bonchev–Trinajstić information content (AvgIpc) is 3.12. The van der Waals surface area contributed by atoms with E-state index < -0.39 is 0 Å². The third-order valence-corrected chi connectivity index (χ3v) is 3.60. The highest BCUT2D eigenvalue weighted by molar-refractivity contribution is 6.30. The number of ether oxygens (including phenoxy) is 1. The summed E-state index contributed by atoms with van der Waals surface area (Å²) in [5.41, 5.74) is 0.589. The van der Waals surface area contributed by atoms with E-state index >= 15 is 0 Å². The molecule has 0 saturated carbocycles. The number of nitrogens with one attached hydrogen (secondary N) is 2. The number of nitrogens with zero attached hydrogens (tertiary/aromatic N) is 2. The molecule has 3 amide bonds. The minimum atomic E-state index is -0.390.